The van der Waals surface area contributed by atoms with E-state index in [1.165, 1.54) is 11.1 Å². The summed E-state index contributed by atoms with van der Waals surface area (Å²) >= 11 is 0. The molecule has 1 aromatic carbocycles. The first-order valence-electron chi connectivity index (χ1n) is 13.6. The molecule has 3 heterocycles. The van der Waals surface area contributed by atoms with E-state index >= 15 is 0 Å². The first kappa shape index (κ1) is 29.0. The Kier molecular flexibility index (Phi) is 9.79. The fourth-order valence-corrected chi connectivity index (χ4v) is 4.54. The summed E-state index contributed by atoms with van der Waals surface area (Å²) in [5, 5.41) is 3.27. The molecule has 0 aliphatic heterocycles. The molecule has 0 fully saturated rings. The third kappa shape index (κ3) is 7.34. The van der Waals surface area contributed by atoms with Gasteiger partial charge in [-0.25, -0.2) is 4.98 Å². The molecule has 0 aliphatic rings. The molecule has 5 nitrogen and oxygen atoms in total. The van der Waals surface area contributed by atoms with Crippen LogP contribution in [0.5, 0.6) is 0 Å². The van der Waals surface area contributed by atoms with Crippen molar-refractivity contribution in [3.63, 3.8) is 0 Å². The van der Waals surface area contributed by atoms with Gasteiger partial charge >= 0.3 is 0 Å². The van der Waals surface area contributed by atoms with E-state index in [0.717, 1.165) is 57.8 Å². The molecule has 0 atom stereocenters. The Balaban J connectivity index is 1.51. The van der Waals surface area contributed by atoms with Gasteiger partial charge in [-0.05, 0) is 78.8 Å². The number of allylic oxidation sites excluding steroid dienone is 6. The molecule has 4 aromatic rings. The first-order valence-corrected chi connectivity index (χ1v) is 13.6. The van der Waals surface area contributed by atoms with Gasteiger partial charge in [-0.3, -0.25) is 9.97 Å². The van der Waals surface area contributed by atoms with Gasteiger partial charge < -0.3 is 10.3 Å². The van der Waals surface area contributed by atoms with E-state index in [1.807, 2.05) is 56.7 Å². The van der Waals surface area contributed by atoms with Crippen molar-refractivity contribution in [1.29, 1.82) is 0 Å². The molecule has 0 aliphatic carbocycles. The van der Waals surface area contributed by atoms with Crippen LogP contribution < -0.4 is 5.32 Å². The zero-order valence-electron chi connectivity index (χ0n) is 24.1. The Bertz CT molecular complexity index is 1620. The van der Waals surface area contributed by atoms with Gasteiger partial charge in [0.25, 0.3) is 0 Å². The molecule has 0 radical (unpaired) electrons. The minimum atomic E-state index is 0.670. The molecule has 206 valence electrons. The van der Waals surface area contributed by atoms with E-state index in [4.69, 9.17) is 4.98 Å². The topological polar surface area (TPSA) is 66.5 Å². The van der Waals surface area contributed by atoms with Crippen LogP contribution in [0.15, 0.2) is 129 Å². The summed E-state index contributed by atoms with van der Waals surface area (Å²) in [6, 6.07) is 16.7. The molecule has 5 heteroatoms. The summed E-state index contributed by atoms with van der Waals surface area (Å²) in [7, 11) is 1.88. The average molecular weight is 540 g/mol. The van der Waals surface area contributed by atoms with Crippen molar-refractivity contribution >= 4 is 16.7 Å². The van der Waals surface area contributed by atoms with E-state index in [0.29, 0.717) is 11.4 Å². The van der Waals surface area contributed by atoms with E-state index in [-0.39, 0.29) is 0 Å². The predicted octanol–water partition coefficient (Wildman–Crippen LogP) is 7.69. The number of benzene rings is 1. The van der Waals surface area contributed by atoms with Gasteiger partial charge in [0.05, 0.1) is 5.69 Å². The van der Waals surface area contributed by atoms with Crippen LogP contribution in [0.3, 0.4) is 0 Å². The van der Waals surface area contributed by atoms with E-state index in [2.05, 4.69) is 83.3 Å². The van der Waals surface area contributed by atoms with Crippen molar-refractivity contribution < 1.29 is 0 Å². The summed E-state index contributed by atoms with van der Waals surface area (Å²) < 4.78 is 0. The third-order valence-corrected chi connectivity index (χ3v) is 6.96. The molecule has 2 N–H and O–H groups in total. The Morgan fingerprint density at radius 3 is 2.34 bits per heavy atom. The number of pyridine rings is 2. The lowest BCUT2D eigenvalue weighted by molar-refractivity contribution is 0.948. The molecule has 3 aromatic heterocycles. The van der Waals surface area contributed by atoms with Crippen molar-refractivity contribution in [2.75, 3.05) is 7.05 Å². The van der Waals surface area contributed by atoms with Crippen LogP contribution in [0, 0.1) is 6.92 Å². The summed E-state index contributed by atoms with van der Waals surface area (Å²) in [6.45, 7) is 16.6. The fraction of sp³-hybridized carbons (Fsp3) is 0.139. The number of aryl methyl sites for hydroxylation is 3. The summed E-state index contributed by atoms with van der Waals surface area (Å²) in [4.78, 5) is 16.9. The zero-order chi connectivity index (χ0) is 29.2. The van der Waals surface area contributed by atoms with Crippen molar-refractivity contribution in [1.82, 2.24) is 25.3 Å². The highest BCUT2D eigenvalue weighted by Crippen LogP contribution is 2.29. The van der Waals surface area contributed by atoms with Crippen LogP contribution >= 0.6 is 0 Å². The molecule has 4 rings (SSSR count). The maximum atomic E-state index is 4.90. The minimum absolute atomic E-state index is 0.670. The number of imidazole rings is 1. The SMILES string of the molecule is C=C/C=C(/c1ccncc1)c1nc(C(=C)C(=C)/C(=C\C=C(/C)c2cncc(CCc3ccccc3)c2)NC)[nH]c1C. The van der Waals surface area contributed by atoms with Crippen LogP contribution in [-0.4, -0.2) is 27.0 Å². The number of likely N-dealkylation sites (N-methyl/N-ethyl adjacent to an activating group) is 1. The number of hydrogen-bond donors (Lipinski definition) is 2. The van der Waals surface area contributed by atoms with Crippen molar-refractivity contribution in [3.05, 3.63) is 168 Å². The normalized spacial score (nSPS) is 12.2. The van der Waals surface area contributed by atoms with Crippen LogP contribution in [0.4, 0.5) is 0 Å². The van der Waals surface area contributed by atoms with Gasteiger partial charge in [0.15, 0.2) is 0 Å². The smallest absolute Gasteiger partial charge is 0.138 e. The van der Waals surface area contributed by atoms with E-state index < -0.39 is 0 Å². The number of hydrogen-bond acceptors (Lipinski definition) is 4. The lowest BCUT2D eigenvalue weighted by Gasteiger charge is -2.12. The molecule has 0 unspecified atom stereocenters. The number of rotatable bonds is 12. The van der Waals surface area contributed by atoms with Crippen LogP contribution in [-0.2, 0) is 12.8 Å². The van der Waals surface area contributed by atoms with Crippen molar-refractivity contribution in [2.45, 2.75) is 26.7 Å². The van der Waals surface area contributed by atoms with Gasteiger partial charge in [0, 0.05) is 59.9 Å². The Morgan fingerprint density at radius 1 is 0.902 bits per heavy atom. The second-order valence-corrected chi connectivity index (χ2v) is 9.82. The quantitative estimate of drug-likeness (QED) is 0.181. The molecular formula is C36H37N5. The second-order valence-electron chi connectivity index (χ2n) is 9.82. The monoisotopic (exact) mass is 539 g/mol. The predicted molar refractivity (Wildman–Crippen MR) is 172 cm³/mol. The van der Waals surface area contributed by atoms with E-state index in [1.54, 1.807) is 18.5 Å². The Labute approximate surface area is 243 Å². The van der Waals surface area contributed by atoms with Crippen LogP contribution in [0.25, 0.3) is 16.7 Å². The maximum absolute atomic E-state index is 4.90. The van der Waals surface area contributed by atoms with Crippen molar-refractivity contribution in [3.8, 4) is 0 Å². The van der Waals surface area contributed by atoms with Gasteiger partial charge in [0.1, 0.15) is 5.82 Å². The highest BCUT2D eigenvalue weighted by Gasteiger charge is 2.17. The largest absolute Gasteiger partial charge is 0.388 e. The number of H-pyrrole nitrogens is 1. The average Bonchev–Trinajstić information content (AvgIpc) is 3.40. The molecule has 0 bridgehead atoms. The summed E-state index contributed by atoms with van der Waals surface area (Å²) in [6.07, 6.45) is 17.2. The third-order valence-electron chi connectivity index (χ3n) is 6.96. The van der Waals surface area contributed by atoms with Gasteiger partial charge in [-0.2, -0.15) is 0 Å². The number of aromatic amines is 1. The van der Waals surface area contributed by atoms with Gasteiger partial charge in [0.2, 0.25) is 0 Å². The fourth-order valence-electron chi connectivity index (χ4n) is 4.54. The molecular weight excluding hydrogens is 502 g/mol. The van der Waals surface area contributed by atoms with Gasteiger partial charge in [-0.1, -0.05) is 68.3 Å². The molecule has 0 spiro atoms. The summed E-state index contributed by atoms with van der Waals surface area (Å²) in [5.74, 6) is 0.670. The van der Waals surface area contributed by atoms with Crippen LogP contribution in [0.1, 0.15) is 46.4 Å². The molecule has 0 saturated heterocycles. The number of aromatic nitrogens is 4. The Hall–Kier alpha value is -5.03. The lowest BCUT2D eigenvalue weighted by atomic mass is 10.0. The maximum Gasteiger partial charge on any atom is 0.138 e. The molecule has 41 heavy (non-hydrogen) atoms. The number of nitrogens with one attached hydrogen (secondary N) is 2. The highest BCUT2D eigenvalue weighted by atomic mass is 14.9. The molecule has 0 amide bonds. The number of nitrogens with zero attached hydrogens (tertiary/aromatic N) is 3. The first-order chi connectivity index (χ1) is 19.9. The van der Waals surface area contributed by atoms with Crippen LogP contribution in [0.2, 0.25) is 0 Å². The van der Waals surface area contributed by atoms with Crippen molar-refractivity contribution in [2.24, 2.45) is 0 Å². The minimum Gasteiger partial charge on any atom is -0.388 e. The van der Waals surface area contributed by atoms with E-state index in [9.17, 15) is 0 Å². The highest BCUT2D eigenvalue weighted by molar-refractivity contribution is 5.83. The van der Waals surface area contributed by atoms with Gasteiger partial charge in [-0.15, -0.1) is 0 Å². The summed E-state index contributed by atoms with van der Waals surface area (Å²) in [5.41, 5.74) is 10.8. The zero-order valence-corrected chi connectivity index (χ0v) is 24.1. The Morgan fingerprint density at radius 2 is 1.63 bits per heavy atom. The standard InChI is InChI=1S/C36H37N5/c1-7-11-33(31-18-20-38-21-19-31)35-28(5)40-36(41-35)27(4)26(3)34(37-6)17-14-25(2)32-22-30(23-39-24-32)16-15-29-12-9-8-10-13-29/h7-14,17-24,37H,1,3-4,15-16H2,2,5-6H3,(H,40,41)/b25-14+,33-11-,34-17+. The lowest BCUT2D eigenvalue weighted by Crippen LogP contribution is -2.09. The second kappa shape index (κ2) is 13.9. The molecule has 0 saturated carbocycles.